The van der Waals surface area contributed by atoms with Crippen molar-refractivity contribution >= 4 is 0 Å². The molecule has 2 aromatic rings. The number of hydrogen-bond acceptors (Lipinski definition) is 2. The summed E-state index contributed by atoms with van der Waals surface area (Å²) in [6.45, 7) is 32.3. The maximum Gasteiger partial charge on any atom is 0.133 e. The maximum atomic E-state index is 6.18. The van der Waals surface area contributed by atoms with Crippen LogP contribution in [-0.2, 0) is 6.42 Å². The highest BCUT2D eigenvalue weighted by atomic mass is 16.5. The van der Waals surface area contributed by atoms with Crippen LogP contribution in [0.1, 0.15) is 97.1 Å². The summed E-state index contributed by atoms with van der Waals surface area (Å²) < 4.78 is 6.18. The van der Waals surface area contributed by atoms with E-state index in [0.29, 0.717) is 6.04 Å². The van der Waals surface area contributed by atoms with Crippen molar-refractivity contribution in [1.29, 1.82) is 0 Å². The van der Waals surface area contributed by atoms with Crippen LogP contribution in [0.3, 0.4) is 0 Å². The van der Waals surface area contributed by atoms with Crippen LogP contribution in [0.25, 0.3) is 0 Å². The van der Waals surface area contributed by atoms with Gasteiger partial charge in [-0.05, 0) is 81.1 Å². The first-order valence-electron chi connectivity index (χ1n) is 13.1. The molecule has 2 heteroatoms. The number of likely N-dealkylation sites (N-methyl/N-ethyl adjacent to an activating group) is 1. The molecule has 0 heterocycles. The van der Waals surface area contributed by atoms with Crippen molar-refractivity contribution in [3.05, 3.63) is 70.8 Å². The van der Waals surface area contributed by atoms with E-state index >= 15 is 0 Å². The molecule has 0 aliphatic rings. The fourth-order valence-electron chi connectivity index (χ4n) is 2.99. The van der Waals surface area contributed by atoms with Gasteiger partial charge in [-0.1, -0.05) is 93.5 Å². The van der Waals surface area contributed by atoms with Crippen LogP contribution in [0.4, 0.5) is 0 Å². The van der Waals surface area contributed by atoms with E-state index in [1.54, 1.807) is 0 Å². The minimum absolute atomic E-state index is 0.292. The Morgan fingerprint density at radius 2 is 1.12 bits per heavy atom. The highest BCUT2D eigenvalue weighted by molar-refractivity contribution is 5.47. The molecule has 2 nitrogen and oxygen atoms in total. The van der Waals surface area contributed by atoms with Gasteiger partial charge in [-0.2, -0.15) is 0 Å². The van der Waals surface area contributed by atoms with Crippen LogP contribution in [-0.4, -0.2) is 13.1 Å². The molecule has 0 saturated heterocycles. The quantitative estimate of drug-likeness (QED) is 0.434. The van der Waals surface area contributed by atoms with Gasteiger partial charge in [-0.25, -0.2) is 0 Å². The third-order valence-electron chi connectivity index (χ3n) is 4.05. The third-order valence-corrected chi connectivity index (χ3v) is 4.05. The lowest BCUT2D eigenvalue weighted by atomic mass is 10.00. The minimum Gasteiger partial charge on any atom is -0.457 e. The third kappa shape index (κ3) is 16.2. The Morgan fingerprint density at radius 1 is 0.727 bits per heavy atom. The zero-order chi connectivity index (χ0) is 27.0. The summed E-state index contributed by atoms with van der Waals surface area (Å²) in [5.74, 6) is 1.86. The minimum atomic E-state index is 0.292. The van der Waals surface area contributed by atoms with E-state index in [2.05, 4.69) is 69.9 Å². The number of aryl methyl sites for hydroxylation is 4. The van der Waals surface area contributed by atoms with Gasteiger partial charge in [0.15, 0.2) is 0 Å². The second-order valence-corrected chi connectivity index (χ2v) is 6.32. The van der Waals surface area contributed by atoms with Crippen LogP contribution in [0.5, 0.6) is 11.5 Å². The maximum absolute atomic E-state index is 6.18. The molecule has 0 bridgehead atoms. The summed E-state index contributed by atoms with van der Waals surface area (Å²) in [7, 11) is 1.96. The normalized spacial score (nSPS) is 9.30. The van der Waals surface area contributed by atoms with E-state index in [1.807, 2.05) is 82.4 Å². The van der Waals surface area contributed by atoms with Crippen LogP contribution in [0.15, 0.2) is 43.0 Å². The lowest BCUT2D eigenvalue weighted by molar-refractivity contribution is 0.474. The standard InChI is InChI=1S/C21H27NO.5C2H6/c1-7-19(22-6)13-18-11-16(4)21(17(5)12-18)23-20-9-14(2)8-15(3)10-20;5*1-2/h7-12,19,22H,1,13H2,2-6H3;5*1-2H3. The highest BCUT2D eigenvalue weighted by Crippen LogP contribution is 2.31. The van der Waals surface area contributed by atoms with Crippen molar-refractivity contribution in [2.24, 2.45) is 0 Å². The molecule has 1 N–H and O–H groups in total. The number of rotatable bonds is 6. The predicted octanol–water partition coefficient (Wildman–Crippen LogP) is 10.2. The zero-order valence-corrected chi connectivity index (χ0v) is 24.9. The Morgan fingerprint density at radius 3 is 1.45 bits per heavy atom. The van der Waals surface area contributed by atoms with Crippen molar-refractivity contribution in [3.8, 4) is 11.5 Å². The zero-order valence-electron chi connectivity index (χ0n) is 24.9. The fourth-order valence-corrected chi connectivity index (χ4v) is 2.99. The molecule has 2 rings (SSSR count). The van der Waals surface area contributed by atoms with Gasteiger partial charge in [0, 0.05) is 6.04 Å². The molecule has 2 aromatic carbocycles. The van der Waals surface area contributed by atoms with E-state index in [-0.39, 0.29) is 0 Å². The first-order chi connectivity index (χ1) is 15.9. The van der Waals surface area contributed by atoms with Crippen molar-refractivity contribution in [2.45, 2.75) is 109 Å². The molecule has 0 aliphatic heterocycles. The smallest absolute Gasteiger partial charge is 0.133 e. The van der Waals surface area contributed by atoms with Gasteiger partial charge < -0.3 is 10.1 Å². The van der Waals surface area contributed by atoms with Gasteiger partial charge in [-0.3, -0.25) is 0 Å². The van der Waals surface area contributed by atoms with Gasteiger partial charge in [-0.15, -0.1) is 6.58 Å². The van der Waals surface area contributed by atoms with E-state index in [9.17, 15) is 0 Å². The summed E-state index contributed by atoms with van der Waals surface area (Å²) in [6.07, 6.45) is 2.89. The second kappa shape index (κ2) is 26.2. The molecule has 0 saturated carbocycles. The first kappa shape index (κ1) is 38.2. The Bertz CT molecular complexity index is 661. The number of hydrogen-bond donors (Lipinski definition) is 1. The van der Waals surface area contributed by atoms with E-state index in [1.165, 1.54) is 16.7 Å². The fraction of sp³-hybridized carbons (Fsp3) is 0.548. The first-order valence-corrected chi connectivity index (χ1v) is 13.1. The SMILES string of the molecule is C=CC(Cc1cc(C)c(Oc2cc(C)cc(C)c2)c(C)c1)NC.CC.CC.CC.CC.CC. The topological polar surface area (TPSA) is 21.3 Å². The summed E-state index contributed by atoms with van der Waals surface area (Å²) in [4.78, 5) is 0. The number of benzene rings is 2. The van der Waals surface area contributed by atoms with Gasteiger partial charge in [0.1, 0.15) is 11.5 Å². The lowest BCUT2D eigenvalue weighted by Gasteiger charge is -2.17. The molecule has 0 aliphatic carbocycles. The molecule has 0 aromatic heterocycles. The molecule has 0 fully saturated rings. The van der Waals surface area contributed by atoms with Crippen LogP contribution in [0, 0.1) is 27.7 Å². The van der Waals surface area contributed by atoms with E-state index in [4.69, 9.17) is 4.74 Å². The van der Waals surface area contributed by atoms with Gasteiger partial charge in [0.25, 0.3) is 0 Å². The Labute approximate surface area is 208 Å². The largest absolute Gasteiger partial charge is 0.457 e. The molecule has 192 valence electrons. The van der Waals surface area contributed by atoms with Crippen molar-refractivity contribution in [2.75, 3.05) is 7.05 Å². The average molecular weight is 460 g/mol. The molecule has 0 radical (unpaired) electrons. The van der Waals surface area contributed by atoms with Crippen molar-refractivity contribution < 1.29 is 4.74 Å². The Balaban J connectivity index is -0.000000371. The molecule has 1 atom stereocenters. The molecule has 1 unspecified atom stereocenters. The van der Waals surface area contributed by atoms with Crippen LogP contribution >= 0.6 is 0 Å². The van der Waals surface area contributed by atoms with E-state index < -0.39 is 0 Å². The predicted molar refractivity (Wildman–Crippen MR) is 155 cm³/mol. The number of ether oxygens (including phenoxy) is 1. The Hall–Kier alpha value is -2.06. The summed E-state index contributed by atoms with van der Waals surface area (Å²) in [5.41, 5.74) is 6.06. The van der Waals surface area contributed by atoms with Gasteiger partial charge >= 0.3 is 0 Å². The summed E-state index contributed by atoms with van der Waals surface area (Å²) in [5, 5.41) is 3.26. The summed E-state index contributed by atoms with van der Waals surface area (Å²) >= 11 is 0. The second-order valence-electron chi connectivity index (χ2n) is 6.32. The highest BCUT2D eigenvalue weighted by Gasteiger charge is 2.10. The van der Waals surface area contributed by atoms with E-state index in [0.717, 1.165) is 29.0 Å². The lowest BCUT2D eigenvalue weighted by Crippen LogP contribution is -2.24. The van der Waals surface area contributed by atoms with Gasteiger partial charge in [0.05, 0.1) is 0 Å². The molecule has 0 amide bonds. The molecule has 0 spiro atoms. The monoisotopic (exact) mass is 459 g/mol. The number of nitrogens with one attached hydrogen (secondary N) is 1. The van der Waals surface area contributed by atoms with Gasteiger partial charge in [0.2, 0.25) is 0 Å². The van der Waals surface area contributed by atoms with Crippen LogP contribution in [0.2, 0.25) is 0 Å². The van der Waals surface area contributed by atoms with Crippen molar-refractivity contribution in [1.82, 2.24) is 5.32 Å². The molecular weight excluding hydrogens is 402 g/mol. The Kier molecular flexibility index (Phi) is 30.3. The van der Waals surface area contributed by atoms with Crippen LogP contribution < -0.4 is 10.1 Å². The molecular formula is C31H57NO. The van der Waals surface area contributed by atoms with Crippen molar-refractivity contribution in [3.63, 3.8) is 0 Å². The average Bonchev–Trinajstić information content (AvgIpc) is 2.85. The summed E-state index contributed by atoms with van der Waals surface area (Å²) in [6, 6.07) is 11.0. The molecule has 33 heavy (non-hydrogen) atoms.